The normalized spacial score (nSPS) is 18.1. The molecule has 0 spiro atoms. The fourth-order valence-corrected chi connectivity index (χ4v) is 2.55. The third-order valence-corrected chi connectivity index (χ3v) is 3.71. The first-order valence-electron chi connectivity index (χ1n) is 6.98. The smallest absolute Gasteiger partial charge is 0.243 e. The van der Waals surface area contributed by atoms with Gasteiger partial charge in [-0.3, -0.25) is 4.79 Å². The quantitative estimate of drug-likeness (QED) is 0.682. The minimum atomic E-state index is -0.763. The molecule has 4 nitrogen and oxygen atoms in total. The van der Waals surface area contributed by atoms with E-state index in [1.165, 1.54) is 0 Å². The fraction of sp³-hybridized carbons (Fsp3) is 0.857. The number of carbonyl (C=O) groups excluding carboxylic acids is 1. The molecular weight excluding hydrogens is 228 g/mol. The molecule has 0 radical (unpaired) electrons. The van der Waals surface area contributed by atoms with Crippen molar-refractivity contribution in [2.24, 2.45) is 5.41 Å². The number of carbonyl (C=O) groups is 1. The Morgan fingerprint density at radius 1 is 1.33 bits per heavy atom. The summed E-state index contributed by atoms with van der Waals surface area (Å²) in [6.07, 6.45) is 4.55. The Balaban J connectivity index is 2.65. The fourth-order valence-electron chi connectivity index (χ4n) is 2.55. The van der Waals surface area contributed by atoms with Gasteiger partial charge in [0.1, 0.15) is 5.41 Å². The standard InChI is InChI=1S/C14H24N2O2/c1-3-16(10-11-18-4-2)13(17)14(12-15)8-6-5-7-9-14/h3-11H2,1-2H3. The van der Waals surface area contributed by atoms with Crippen molar-refractivity contribution in [2.75, 3.05) is 26.3 Å². The zero-order valence-corrected chi connectivity index (χ0v) is 11.6. The summed E-state index contributed by atoms with van der Waals surface area (Å²) >= 11 is 0. The molecular formula is C14H24N2O2. The van der Waals surface area contributed by atoms with Gasteiger partial charge in [0, 0.05) is 19.7 Å². The van der Waals surface area contributed by atoms with Crippen LogP contribution >= 0.6 is 0 Å². The molecule has 1 fully saturated rings. The first-order valence-corrected chi connectivity index (χ1v) is 6.98. The predicted octanol–water partition coefficient (Wildman–Crippen LogP) is 2.35. The molecule has 0 heterocycles. The number of rotatable bonds is 6. The van der Waals surface area contributed by atoms with E-state index in [0.717, 1.165) is 19.3 Å². The van der Waals surface area contributed by atoms with Gasteiger partial charge in [0.2, 0.25) is 5.91 Å². The average Bonchev–Trinajstić information content (AvgIpc) is 2.44. The van der Waals surface area contributed by atoms with Crippen molar-refractivity contribution >= 4 is 5.91 Å². The lowest BCUT2D eigenvalue weighted by molar-refractivity contribution is -0.141. The van der Waals surface area contributed by atoms with E-state index in [2.05, 4.69) is 6.07 Å². The summed E-state index contributed by atoms with van der Waals surface area (Å²) in [5.41, 5.74) is -0.763. The molecule has 0 saturated heterocycles. The van der Waals surface area contributed by atoms with Gasteiger partial charge in [0.05, 0.1) is 12.7 Å². The van der Waals surface area contributed by atoms with Crippen LogP contribution in [0.5, 0.6) is 0 Å². The molecule has 0 aliphatic heterocycles. The Bertz CT molecular complexity index is 303. The highest BCUT2D eigenvalue weighted by molar-refractivity contribution is 5.85. The highest BCUT2D eigenvalue weighted by atomic mass is 16.5. The maximum Gasteiger partial charge on any atom is 0.243 e. The number of hydrogen-bond acceptors (Lipinski definition) is 3. The lowest BCUT2D eigenvalue weighted by Gasteiger charge is -2.34. The monoisotopic (exact) mass is 252 g/mol. The molecule has 1 amide bonds. The Morgan fingerprint density at radius 2 is 2.00 bits per heavy atom. The summed E-state index contributed by atoms with van der Waals surface area (Å²) in [5.74, 6) is 0.00639. The van der Waals surface area contributed by atoms with Gasteiger partial charge >= 0.3 is 0 Å². The van der Waals surface area contributed by atoms with Crippen LogP contribution in [0.3, 0.4) is 0 Å². The number of hydrogen-bond donors (Lipinski definition) is 0. The van der Waals surface area contributed by atoms with Crippen LogP contribution < -0.4 is 0 Å². The summed E-state index contributed by atoms with van der Waals surface area (Å²) in [7, 11) is 0. The zero-order valence-electron chi connectivity index (χ0n) is 11.6. The summed E-state index contributed by atoms with van der Waals surface area (Å²) < 4.78 is 5.29. The van der Waals surface area contributed by atoms with Crippen molar-refractivity contribution in [1.29, 1.82) is 5.26 Å². The third-order valence-electron chi connectivity index (χ3n) is 3.71. The van der Waals surface area contributed by atoms with Crippen molar-refractivity contribution in [3.05, 3.63) is 0 Å². The number of ether oxygens (including phenoxy) is 1. The van der Waals surface area contributed by atoms with Gasteiger partial charge in [-0.05, 0) is 26.7 Å². The van der Waals surface area contributed by atoms with E-state index >= 15 is 0 Å². The predicted molar refractivity (Wildman–Crippen MR) is 69.9 cm³/mol. The van der Waals surface area contributed by atoms with E-state index in [1.807, 2.05) is 13.8 Å². The Morgan fingerprint density at radius 3 is 2.50 bits per heavy atom. The highest BCUT2D eigenvalue weighted by Crippen LogP contribution is 2.37. The topological polar surface area (TPSA) is 53.3 Å². The average molecular weight is 252 g/mol. The molecule has 1 aliphatic carbocycles. The second-order valence-electron chi connectivity index (χ2n) is 4.84. The summed E-state index contributed by atoms with van der Waals surface area (Å²) in [6, 6.07) is 2.29. The van der Waals surface area contributed by atoms with Crippen LogP contribution in [0, 0.1) is 16.7 Å². The van der Waals surface area contributed by atoms with Crippen molar-refractivity contribution in [3.63, 3.8) is 0 Å². The van der Waals surface area contributed by atoms with E-state index < -0.39 is 5.41 Å². The van der Waals surface area contributed by atoms with Crippen molar-refractivity contribution < 1.29 is 9.53 Å². The molecule has 1 rings (SSSR count). The first kappa shape index (κ1) is 15.0. The molecule has 102 valence electrons. The van der Waals surface area contributed by atoms with Gasteiger partial charge in [-0.1, -0.05) is 19.3 Å². The van der Waals surface area contributed by atoms with Crippen LogP contribution in [0.4, 0.5) is 0 Å². The summed E-state index contributed by atoms with van der Waals surface area (Å²) in [4.78, 5) is 14.3. The third kappa shape index (κ3) is 3.46. The minimum absolute atomic E-state index is 0.00639. The lowest BCUT2D eigenvalue weighted by Crippen LogP contribution is -2.45. The van der Waals surface area contributed by atoms with Gasteiger partial charge in [0.15, 0.2) is 0 Å². The SMILES string of the molecule is CCOCCN(CC)C(=O)C1(C#N)CCCCC1. The second kappa shape index (κ2) is 7.38. The summed E-state index contributed by atoms with van der Waals surface area (Å²) in [6.45, 7) is 6.35. The Labute approximate surface area is 110 Å². The van der Waals surface area contributed by atoms with Crippen LogP contribution in [-0.4, -0.2) is 37.1 Å². The van der Waals surface area contributed by atoms with Crippen molar-refractivity contribution in [3.8, 4) is 6.07 Å². The van der Waals surface area contributed by atoms with E-state index in [9.17, 15) is 10.1 Å². The lowest BCUT2D eigenvalue weighted by atomic mass is 9.74. The van der Waals surface area contributed by atoms with E-state index in [0.29, 0.717) is 39.1 Å². The molecule has 0 aromatic heterocycles. The van der Waals surface area contributed by atoms with E-state index in [1.54, 1.807) is 4.90 Å². The molecule has 18 heavy (non-hydrogen) atoms. The van der Waals surface area contributed by atoms with Crippen molar-refractivity contribution in [2.45, 2.75) is 46.0 Å². The second-order valence-corrected chi connectivity index (χ2v) is 4.84. The molecule has 1 saturated carbocycles. The van der Waals surface area contributed by atoms with Crippen LogP contribution in [0.1, 0.15) is 46.0 Å². The molecule has 0 unspecified atom stereocenters. The number of amides is 1. The number of nitrogens with zero attached hydrogens (tertiary/aromatic N) is 2. The van der Waals surface area contributed by atoms with Crippen LogP contribution in [0.2, 0.25) is 0 Å². The maximum absolute atomic E-state index is 12.5. The zero-order chi connectivity index (χ0) is 13.4. The van der Waals surface area contributed by atoms with Gasteiger partial charge in [-0.15, -0.1) is 0 Å². The first-order chi connectivity index (χ1) is 8.70. The van der Waals surface area contributed by atoms with Gasteiger partial charge in [-0.2, -0.15) is 5.26 Å². The number of nitriles is 1. The van der Waals surface area contributed by atoms with E-state index in [-0.39, 0.29) is 5.91 Å². The van der Waals surface area contributed by atoms with Gasteiger partial charge in [-0.25, -0.2) is 0 Å². The number of likely N-dealkylation sites (N-methyl/N-ethyl adjacent to an activating group) is 1. The molecule has 0 aromatic rings. The molecule has 0 atom stereocenters. The van der Waals surface area contributed by atoms with Crippen molar-refractivity contribution in [1.82, 2.24) is 4.90 Å². The minimum Gasteiger partial charge on any atom is -0.380 e. The summed E-state index contributed by atoms with van der Waals surface area (Å²) in [5, 5.41) is 9.40. The molecule has 1 aliphatic rings. The molecule has 0 N–H and O–H groups in total. The Kier molecular flexibility index (Phi) is 6.14. The van der Waals surface area contributed by atoms with Crippen LogP contribution in [0.25, 0.3) is 0 Å². The Hall–Kier alpha value is -1.08. The largest absolute Gasteiger partial charge is 0.380 e. The van der Waals surface area contributed by atoms with Gasteiger partial charge < -0.3 is 9.64 Å². The molecule has 4 heteroatoms. The molecule has 0 aromatic carbocycles. The molecule has 0 bridgehead atoms. The van der Waals surface area contributed by atoms with Gasteiger partial charge in [0.25, 0.3) is 0 Å². The van der Waals surface area contributed by atoms with E-state index in [4.69, 9.17) is 4.74 Å². The highest BCUT2D eigenvalue weighted by Gasteiger charge is 2.41. The van der Waals surface area contributed by atoms with Crippen LogP contribution in [0.15, 0.2) is 0 Å². The maximum atomic E-state index is 12.5. The van der Waals surface area contributed by atoms with Crippen LogP contribution in [-0.2, 0) is 9.53 Å².